The molecule has 2 aromatic rings. The van der Waals surface area contributed by atoms with Crippen molar-refractivity contribution in [3.63, 3.8) is 0 Å². The van der Waals surface area contributed by atoms with Gasteiger partial charge in [0.05, 0.1) is 6.26 Å². The third kappa shape index (κ3) is 1.06. The molecule has 0 saturated carbocycles. The highest BCUT2D eigenvalue weighted by atomic mass is 16.3. The Balaban J connectivity index is 2.09. The number of benzene rings is 1. The van der Waals surface area contributed by atoms with E-state index >= 15 is 0 Å². The van der Waals surface area contributed by atoms with E-state index in [1.807, 2.05) is 12.1 Å². The quantitative estimate of drug-likeness (QED) is 0.716. The van der Waals surface area contributed by atoms with Gasteiger partial charge in [0.15, 0.2) is 0 Å². The third-order valence-corrected chi connectivity index (χ3v) is 2.70. The fraction of sp³-hybridized carbons (Fsp3) is 0.273. The van der Waals surface area contributed by atoms with Gasteiger partial charge in [0, 0.05) is 11.4 Å². The lowest BCUT2D eigenvalue weighted by Gasteiger charge is -2.27. The molecule has 2 nitrogen and oxygen atoms in total. The Morgan fingerprint density at radius 1 is 1.31 bits per heavy atom. The topological polar surface area (TPSA) is 25.2 Å². The fourth-order valence-electron chi connectivity index (χ4n) is 1.78. The first-order valence-electron chi connectivity index (χ1n) is 4.64. The fourth-order valence-corrected chi connectivity index (χ4v) is 1.78. The summed E-state index contributed by atoms with van der Waals surface area (Å²) in [6.07, 6.45) is 2.99. The van der Waals surface area contributed by atoms with Crippen LogP contribution in [0, 0.1) is 0 Å². The molecular formula is C11H11NO. The van der Waals surface area contributed by atoms with Crippen molar-refractivity contribution in [2.45, 2.75) is 12.5 Å². The summed E-state index contributed by atoms with van der Waals surface area (Å²) < 4.78 is 5.28. The standard InChI is InChI=1S/C11H11NO/c1-2-11-9(4-6-13-11)7-8(1)10-3-5-12-10/h1-2,4,6-7,10,12H,3,5H2. The van der Waals surface area contributed by atoms with Crippen LogP contribution < -0.4 is 5.32 Å². The lowest BCUT2D eigenvalue weighted by Crippen LogP contribution is -2.34. The van der Waals surface area contributed by atoms with Crippen LogP contribution in [0.25, 0.3) is 11.0 Å². The normalized spacial score (nSPS) is 21.7. The van der Waals surface area contributed by atoms with Crippen molar-refractivity contribution in [2.75, 3.05) is 6.54 Å². The Bertz CT molecular complexity index is 428. The van der Waals surface area contributed by atoms with Crippen LogP contribution in [0.1, 0.15) is 18.0 Å². The summed E-state index contributed by atoms with van der Waals surface area (Å²) in [4.78, 5) is 0. The molecule has 2 heteroatoms. The summed E-state index contributed by atoms with van der Waals surface area (Å²) in [5.41, 5.74) is 2.35. The van der Waals surface area contributed by atoms with Gasteiger partial charge in [-0.3, -0.25) is 0 Å². The Morgan fingerprint density at radius 3 is 3.00 bits per heavy atom. The maximum absolute atomic E-state index is 5.28. The van der Waals surface area contributed by atoms with Gasteiger partial charge in [0.2, 0.25) is 0 Å². The van der Waals surface area contributed by atoms with Crippen molar-refractivity contribution in [1.82, 2.24) is 5.32 Å². The molecule has 1 saturated heterocycles. The zero-order valence-corrected chi connectivity index (χ0v) is 7.29. The van der Waals surface area contributed by atoms with E-state index in [0.717, 1.165) is 12.1 Å². The molecule has 1 unspecified atom stereocenters. The van der Waals surface area contributed by atoms with E-state index in [-0.39, 0.29) is 0 Å². The third-order valence-electron chi connectivity index (χ3n) is 2.70. The van der Waals surface area contributed by atoms with Crippen LogP contribution in [0.4, 0.5) is 0 Å². The van der Waals surface area contributed by atoms with Crippen LogP contribution in [0.5, 0.6) is 0 Å². The van der Waals surface area contributed by atoms with Gasteiger partial charge in [-0.25, -0.2) is 0 Å². The van der Waals surface area contributed by atoms with Gasteiger partial charge < -0.3 is 9.73 Å². The SMILES string of the molecule is c1cc2cc(C3CCN3)ccc2o1. The summed E-state index contributed by atoms with van der Waals surface area (Å²) >= 11 is 0. The first-order chi connectivity index (χ1) is 6.43. The molecule has 1 N–H and O–H groups in total. The summed E-state index contributed by atoms with van der Waals surface area (Å²) in [6.45, 7) is 1.15. The maximum atomic E-state index is 5.28. The molecule has 3 rings (SSSR count). The number of hydrogen-bond acceptors (Lipinski definition) is 2. The molecule has 1 aromatic heterocycles. The Labute approximate surface area is 76.5 Å². The highest BCUT2D eigenvalue weighted by Gasteiger charge is 2.18. The average molecular weight is 173 g/mol. The molecule has 1 fully saturated rings. The predicted octanol–water partition coefficient (Wildman–Crippen LogP) is 2.47. The number of furan rings is 1. The highest BCUT2D eigenvalue weighted by molar-refractivity contribution is 5.77. The molecule has 1 aliphatic rings. The van der Waals surface area contributed by atoms with E-state index < -0.39 is 0 Å². The van der Waals surface area contributed by atoms with Crippen molar-refractivity contribution < 1.29 is 4.42 Å². The lowest BCUT2D eigenvalue weighted by atomic mass is 9.97. The number of fused-ring (bicyclic) bond motifs is 1. The van der Waals surface area contributed by atoms with Crippen molar-refractivity contribution >= 4 is 11.0 Å². The van der Waals surface area contributed by atoms with Crippen molar-refractivity contribution in [3.8, 4) is 0 Å². The van der Waals surface area contributed by atoms with Gasteiger partial charge in [-0.15, -0.1) is 0 Å². The largest absolute Gasteiger partial charge is 0.464 e. The average Bonchev–Trinajstić information content (AvgIpc) is 2.47. The van der Waals surface area contributed by atoms with Crippen molar-refractivity contribution in [2.24, 2.45) is 0 Å². The first kappa shape index (κ1) is 7.15. The van der Waals surface area contributed by atoms with E-state index in [1.165, 1.54) is 17.4 Å². The van der Waals surface area contributed by atoms with Gasteiger partial charge in [-0.1, -0.05) is 6.07 Å². The Kier molecular flexibility index (Phi) is 1.43. The van der Waals surface area contributed by atoms with Gasteiger partial charge >= 0.3 is 0 Å². The molecule has 0 amide bonds. The van der Waals surface area contributed by atoms with E-state index in [0.29, 0.717) is 6.04 Å². The monoisotopic (exact) mass is 173 g/mol. The van der Waals surface area contributed by atoms with Gasteiger partial charge in [-0.05, 0) is 36.7 Å². The van der Waals surface area contributed by atoms with Crippen molar-refractivity contribution in [1.29, 1.82) is 0 Å². The minimum absolute atomic E-state index is 0.569. The van der Waals surface area contributed by atoms with Crippen LogP contribution in [-0.4, -0.2) is 6.54 Å². The van der Waals surface area contributed by atoms with Gasteiger partial charge in [0.1, 0.15) is 5.58 Å². The molecular weight excluding hydrogens is 162 g/mol. The summed E-state index contributed by atoms with van der Waals surface area (Å²) in [7, 11) is 0. The predicted molar refractivity (Wildman–Crippen MR) is 51.6 cm³/mol. The zero-order valence-electron chi connectivity index (χ0n) is 7.29. The summed E-state index contributed by atoms with van der Waals surface area (Å²) in [6, 6.07) is 8.97. The molecule has 0 radical (unpaired) electrons. The second kappa shape index (κ2) is 2.60. The minimum Gasteiger partial charge on any atom is -0.464 e. The van der Waals surface area contributed by atoms with Crippen LogP contribution in [-0.2, 0) is 0 Å². The molecule has 0 spiro atoms. The molecule has 2 heterocycles. The summed E-state index contributed by atoms with van der Waals surface area (Å²) in [5, 5.41) is 4.59. The van der Waals surface area contributed by atoms with E-state index in [2.05, 4.69) is 17.4 Å². The van der Waals surface area contributed by atoms with E-state index in [1.54, 1.807) is 6.26 Å². The number of nitrogens with one attached hydrogen (secondary N) is 1. The number of hydrogen-bond donors (Lipinski definition) is 1. The van der Waals surface area contributed by atoms with Gasteiger partial charge in [0.25, 0.3) is 0 Å². The van der Waals surface area contributed by atoms with Gasteiger partial charge in [-0.2, -0.15) is 0 Å². The Hall–Kier alpha value is -1.28. The molecule has 1 aliphatic heterocycles. The second-order valence-corrected chi connectivity index (χ2v) is 3.51. The smallest absolute Gasteiger partial charge is 0.133 e. The Morgan fingerprint density at radius 2 is 2.23 bits per heavy atom. The maximum Gasteiger partial charge on any atom is 0.133 e. The van der Waals surface area contributed by atoms with Crippen molar-refractivity contribution in [3.05, 3.63) is 36.1 Å². The minimum atomic E-state index is 0.569. The molecule has 1 atom stereocenters. The van der Waals surface area contributed by atoms with E-state index in [4.69, 9.17) is 4.42 Å². The first-order valence-corrected chi connectivity index (χ1v) is 4.64. The molecule has 66 valence electrons. The number of rotatable bonds is 1. The highest BCUT2D eigenvalue weighted by Crippen LogP contribution is 2.26. The van der Waals surface area contributed by atoms with Crippen LogP contribution in [0.15, 0.2) is 34.9 Å². The van der Waals surface area contributed by atoms with E-state index in [9.17, 15) is 0 Å². The second-order valence-electron chi connectivity index (χ2n) is 3.51. The molecule has 13 heavy (non-hydrogen) atoms. The molecule has 0 aliphatic carbocycles. The summed E-state index contributed by atoms with van der Waals surface area (Å²) in [5.74, 6) is 0. The van der Waals surface area contributed by atoms with Crippen LogP contribution in [0.3, 0.4) is 0 Å². The lowest BCUT2D eigenvalue weighted by molar-refractivity contribution is 0.383. The molecule has 0 bridgehead atoms. The van der Waals surface area contributed by atoms with Crippen LogP contribution >= 0.6 is 0 Å². The molecule has 1 aromatic carbocycles. The zero-order chi connectivity index (χ0) is 8.67. The van der Waals surface area contributed by atoms with Crippen LogP contribution in [0.2, 0.25) is 0 Å².